The summed E-state index contributed by atoms with van der Waals surface area (Å²) >= 11 is 5.65. The molecule has 3 aliphatic rings. The lowest BCUT2D eigenvalue weighted by Crippen LogP contribution is -2.45. The van der Waals surface area contributed by atoms with Crippen molar-refractivity contribution >= 4 is 17.6 Å². The number of halogens is 1. The summed E-state index contributed by atoms with van der Waals surface area (Å²) in [4.78, 5) is 11.7. The highest BCUT2D eigenvalue weighted by Gasteiger charge is 2.56. The summed E-state index contributed by atoms with van der Waals surface area (Å²) in [6.07, 6.45) is 6.33. The second-order valence-corrected chi connectivity index (χ2v) is 8.64. The van der Waals surface area contributed by atoms with Crippen LogP contribution in [0, 0.1) is 17.3 Å². The summed E-state index contributed by atoms with van der Waals surface area (Å²) in [5, 5.41) is 10.1. The van der Waals surface area contributed by atoms with Gasteiger partial charge in [-0.1, -0.05) is 6.92 Å². The molecule has 0 spiro atoms. The number of methoxy groups -OCH3 is 1. The zero-order valence-corrected chi connectivity index (χ0v) is 16.2. The predicted octanol–water partition coefficient (Wildman–Crippen LogP) is 4.41. The van der Waals surface area contributed by atoms with Gasteiger partial charge in [0.15, 0.2) is 11.5 Å². The molecule has 3 unspecified atom stereocenters. The number of alkyl halides is 1. The summed E-state index contributed by atoms with van der Waals surface area (Å²) in [5.41, 5.74) is 2.66. The van der Waals surface area contributed by atoms with Gasteiger partial charge in [-0.25, -0.2) is 0 Å². The first kappa shape index (κ1) is 18.0. The van der Waals surface area contributed by atoms with Crippen LogP contribution in [-0.4, -0.2) is 30.2 Å². The fourth-order valence-corrected chi connectivity index (χ4v) is 6.15. The second kappa shape index (κ2) is 6.63. The van der Waals surface area contributed by atoms with E-state index in [1.807, 2.05) is 12.1 Å². The van der Waals surface area contributed by atoms with Gasteiger partial charge in [0.05, 0.1) is 7.11 Å². The Morgan fingerprint density at radius 3 is 2.85 bits per heavy atom. The fraction of sp³-hybridized carbons (Fsp3) is 0.667. The number of aryl methyl sites for hydroxylation is 1. The first-order valence-electron chi connectivity index (χ1n) is 9.63. The largest absolute Gasteiger partial charge is 0.504 e. The molecule has 2 fully saturated rings. The van der Waals surface area contributed by atoms with Crippen molar-refractivity contribution < 1.29 is 19.4 Å². The topological polar surface area (TPSA) is 55.8 Å². The van der Waals surface area contributed by atoms with E-state index in [1.54, 1.807) is 7.11 Å². The van der Waals surface area contributed by atoms with E-state index in [0.717, 1.165) is 38.5 Å². The van der Waals surface area contributed by atoms with Crippen molar-refractivity contribution in [2.45, 2.75) is 57.5 Å². The lowest BCUT2D eigenvalue weighted by molar-refractivity contribution is -0.154. The Bertz CT molecular complexity index is 718. The standard InChI is InChI=1S/C21H27ClO4/c1-21-8-7-13-14(16(21)5-6-19(21)26-20(24)11-22)4-3-12-9-17(23)18(25-2)10-15(12)13/h9-10,13-14,16,19,23H,3-8,11H2,1-2H3/t13?,14?,16?,19-,21-/m0/s1. The molecule has 0 radical (unpaired) electrons. The Balaban J connectivity index is 1.62. The van der Waals surface area contributed by atoms with Crippen molar-refractivity contribution in [2.75, 3.05) is 13.0 Å². The average Bonchev–Trinajstić information content (AvgIpc) is 2.97. The van der Waals surface area contributed by atoms with E-state index in [2.05, 4.69) is 6.92 Å². The molecule has 0 amide bonds. The van der Waals surface area contributed by atoms with E-state index in [-0.39, 0.29) is 29.1 Å². The van der Waals surface area contributed by atoms with Crippen LogP contribution in [0.3, 0.4) is 0 Å². The van der Waals surface area contributed by atoms with E-state index >= 15 is 0 Å². The minimum Gasteiger partial charge on any atom is -0.504 e. The van der Waals surface area contributed by atoms with Gasteiger partial charge in [0.1, 0.15) is 12.0 Å². The molecule has 0 aliphatic heterocycles. The molecule has 0 bridgehead atoms. The third kappa shape index (κ3) is 2.69. The van der Waals surface area contributed by atoms with Crippen LogP contribution in [0.5, 0.6) is 11.5 Å². The third-order valence-electron chi connectivity index (χ3n) is 7.32. The zero-order chi connectivity index (χ0) is 18.5. The highest BCUT2D eigenvalue weighted by molar-refractivity contribution is 6.26. The van der Waals surface area contributed by atoms with Crippen LogP contribution in [0.15, 0.2) is 12.1 Å². The van der Waals surface area contributed by atoms with Crippen LogP contribution in [0.25, 0.3) is 0 Å². The van der Waals surface area contributed by atoms with E-state index in [4.69, 9.17) is 21.1 Å². The molecule has 142 valence electrons. The molecule has 5 heteroatoms. The number of esters is 1. The van der Waals surface area contributed by atoms with Gasteiger partial charge >= 0.3 is 5.97 Å². The van der Waals surface area contributed by atoms with E-state index in [1.165, 1.54) is 11.1 Å². The van der Waals surface area contributed by atoms with Crippen LogP contribution in [0.1, 0.15) is 56.1 Å². The molecular formula is C21H27ClO4. The smallest absolute Gasteiger partial charge is 0.321 e. The maximum absolute atomic E-state index is 11.7. The Hall–Kier alpha value is -1.42. The Labute approximate surface area is 159 Å². The molecule has 2 saturated carbocycles. The van der Waals surface area contributed by atoms with Crippen LogP contribution < -0.4 is 4.74 Å². The number of ether oxygens (including phenoxy) is 2. The van der Waals surface area contributed by atoms with Crippen LogP contribution in [-0.2, 0) is 16.0 Å². The van der Waals surface area contributed by atoms with E-state index in [0.29, 0.717) is 23.5 Å². The number of phenols is 1. The van der Waals surface area contributed by atoms with Gasteiger partial charge in [0.25, 0.3) is 0 Å². The maximum Gasteiger partial charge on any atom is 0.321 e. The summed E-state index contributed by atoms with van der Waals surface area (Å²) in [6, 6.07) is 3.93. The van der Waals surface area contributed by atoms with Gasteiger partial charge in [0.2, 0.25) is 0 Å². The molecular weight excluding hydrogens is 352 g/mol. The molecule has 1 aromatic rings. The van der Waals surface area contributed by atoms with Crippen molar-refractivity contribution in [2.24, 2.45) is 17.3 Å². The van der Waals surface area contributed by atoms with E-state index < -0.39 is 0 Å². The van der Waals surface area contributed by atoms with Crippen molar-refractivity contribution in [3.05, 3.63) is 23.3 Å². The number of carbonyl (C=O) groups is 1. The Morgan fingerprint density at radius 1 is 1.31 bits per heavy atom. The molecule has 0 saturated heterocycles. The van der Waals surface area contributed by atoms with Gasteiger partial charge in [-0.3, -0.25) is 4.79 Å². The molecule has 1 aromatic carbocycles. The van der Waals surface area contributed by atoms with Gasteiger partial charge in [-0.2, -0.15) is 0 Å². The number of fused-ring (bicyclic) bond motifs is 5. The highest BCUT2D eigenvalue weighted by Crippen LogP contribution is 2.62. The van der Waals surface area contributed by atoms with Crippen molar-refractivity contribution in [3.63, 3.8) is 0 Å². The van der Waals surface area contributed by atoms with Crippen molar-refractivity contribution in [1.82, 2.24) is 0 Å². The normalized spacial score (nSPS) is 35.2. The summed E-state index contributed by atoms with van der Waals surface area (Å²) in [6.45, 7) is 2.31. The number of rotatable bonds is 3. The predicted molar refractivity (Wildman–Crippen MR) is 99.9 cm³/mol. The molecule has 26 heavy (non-hydrogen) atoms. The molecule has 5 atom stereocenters. The van der Waals surface area contributed by atoms with Crippen molar-refractivity contribution in [1.29, 1.82) is 0 Å². The number of phenolic OH excluding ortho intramolecular Hbond substituents is 1. The molecule has 4 rings (SSSR count). The Kier molecular flexibility index (Phi) is 4.58. The number of carbonyl (C=O) groups excluding carboxylic acids is 1. The van der Waals surface area contributed by atoms with Gasteiger partial charge < -0.3 is 14.6 Å². The number of hydrogen-bond donors (Lipinski definition) is 1. The zero-order valence-electron chi connectivity index (χ0n) is 15.5. The fourth-order valence-electron chi connectivity index (χ4n) is 6.09. The SMILES string of the molecule is COc1cc2c(cc1O)CCC1C2CC[C@@]2(C)C1CC[C@@H]2OC(=O)CCl. The number of aromatic hydroxyl groups is 1. The average molecular weight is 379 g/mol. The molecule has 3 aliphatic carbocycles. The molecule has 0 heterocycles. The molecule has 1 N–H and O–H groups in total. The first-order valence-corrected chi connectivity index (χ1v) is 10.2. The van der Waals surface area contributed by atoms with E-state index in [9.17, 15) is 9.90 Å². The van der Waals surface area contributed by atoms with Crippen LogP contribution in [0.2, 0.25) is 0 Å². The maximum atomic E-state index is 11.7. The summed E-state index contributed by atoms with van der Waals surface area (Å²) in [5.74, 6) is 2.12. The minimum atomic E-state index is -0.296. The molecule has 4 nitrogen and oxygen atoms in total. The van der Waals surface area contributed by atoms with Crippen LogP contribution in [0.4, 0.5) is 0 Å². The van der Waals surface area contributed by atoms with Crippen molar-refractivity contribution in [3.8, 4) is 11.5 Å². The third-order valence-corrected chi connectivity index (χ3v) is 7.54. The quantitative estimate of drug-likeness (QED) is 0.625. The first-order chi connectivity index (χ1) is 12.5. The lowest BCUT2D eigenvalue weighted by atomic mass is 9.55. The monoisotopic (exact) mass is 378 g/mol. The van der Waals surface area contributed by atoms with Gasteiger partial charge in [0, 0.05) is 5.41 Å². The summed E-state index contributed by atoms with van der Waals surface area (Å²) in [7, 11) is 1.60. The number of hydrogen-bond acceptors (Lipinski definition) is 4. The molecule has 0 aromatic heterocycles. The summed E-state index contributed by atoms with van der Waals surface area (Å²) < 4.78 is 11.1. The van der Waals surface area contributed by atoms with Crippen LogP contribution >= 0.6 is 11.6 Å². The lowest BCUT2D eigenvalue weighted by Gasteiger charge is -2.50. The second-order valence-electron chi connectivity index (χ2n) is 8.37. The minimum absolute atomic E-state index is 0.00421. The number of benzene rings is 1. The Morgan fingerprint density at radius 2 is 2.12 bits per heavy atom. The highest BCUT2D eigenvalue weighted by atomic mass is 35.5. The van der Waals surface area contributed by atoms with Gasteiger partial charge in [-0.05, 0) is 79.5 Å². The van der Waals surface area contributed by atoms with Gasteiger partial charge in [-0.15, -0.1) is 11.6 Å².